The Morgan fingerprint density at radius 3 is 2.72 bits per heavy atom. The highest BCUT2D eigenvalue weighted by molar-refractivity contribution is 5.97. The lowest BCUT2D eigenvalue weighted by molar-refractivity contribution is 0.0352. The van der Waals surface area contributed by atoms with Gasteiger partial charge in [0.25, 0.3) is 0 Å². The molecule has 1 atom stereocenters. The van der Waals surface area contributed by atoms with Crippen LogP contribution in [-0.4, -0.2) is 31.9 Å². The summed E-state index contributed by atoms with van der Waals surface area (Å²) in [5.41, 5.74) is 1.23. The first-order valence-corrected chi connectivity index (χ1v) is 5.79. The number of hydrogen-bond donors (Lipinski definition) is 1. The fourth-order valence-electron chi connectivity index (χ4n) is 2.10. The van der Waals surface area contributed by atoms with Crippen LogP contribution in [0.2, 0.25) is 0 Å². The number of methoxy groups -OCH3 is 2. The van der Waals surface area contributed by atoms with Gasteiger partial charge in [0.05, 0.1) is 14.2 Å². The van der Waals surface area contributed by atoms with Crippen LogP contribution in [-0.2, 0) is 4.74 Å². The second-order valence-electron chi connectivity index (χ2n) is 4.05. The third-order valence-corrected chi connectivity index (χ3v) is 2.99. The van der Waals surface area contributed by atoms with E-state index in [1.165, 1.54) is 7.11 Å². The number of ether oxygens (including phenoxy) is 3. The Bertz CT molecular complexity index is 455. The van der Waals surface area contributed by atoms with E-state index in [0.29, 0.717) is 29.9 Å². The molecule has 2 rings (SSSR count). The molecule has 5 heteroatoms. The van der Waals surface area contributed by atoms with Crippen LogP contribution in [0, 0.1) is 0 Å². The van der Waals surface area contributed by atoms with Crippen LogP contribution in [0.3, 0.4) is 0 Å². The Labute approximate surface area is 105 Å². The van der Waals surface area contributed by atoms with Crippen molar-refractivity contribution in [1.82, 2.24) is 0 Å². The first-order chi connectivity index (χ1) is 8.71. The summed E-state index contributed by atoms with van der Waals surface area (Å²) in [5.74, 6) is 0.700. The van der Waals surface area contributed by atoms with E-state index in [-0.39, 0.29) is 18.7 Å². The summed E-state index contributed by atoms with van der Waals surface area (Å²) >= 11 is 0. The van der Waals surface area contributed by atoms with Gasteiger partial charge < -0.3 is 19.3 Å². The molecule has 0 amide bonds. The average Bonchev–Trinajstić information content (AvgIpc) is 2.72. The highest BCUT2D eigenvalue weighted by Gasteiger charge is 2.34. The predicted octanol–water partition coefficient (Wildman–Crippen LogP) is 1.69. The van der Waals surface area contributed by atoms with Crippen molar-refractivity contribution >= 4 is 5.97 Å². The number of aliphatic hydroxyl groups excluding tert-OH is 1. The van der Waals surface area contributed by atoms with Crippen LogP contribution in [0.5, 0.6) is 11.5 Å². The predicted molar refractivity (Wildman–Crippen MR) is 64.0 cm³/mol. The highest BCUT2D eigenvalue weighted by Crippen LogP contribution is 2.41. The zero-order valence-electron chi connectivity index (χ0n) is 10.4. The maximum absolute atomic E-state index is 11.8. The van der Waals surface area contributed by atoms with Crippen molar-refractivity contribution < 1.29 is 24.1 Å². The molecule has 1 aromatic rings. The van der Waals surface area contributed by atoms with Crippen molar-refractivity contribution in [3.63, 3.8) is 0 Å². The molecule has 98 valence electrons. The van der Waals surface area contributed by atoms with Gasteiger partial charge >= 0.3 is 5.97 Å². The van der Waals surface area contributed by atoms with Crippen LogP contribution < -0.4 is 9.47 Å². The SMILES string of the molecule is COc1cc(OC)c2c(c1)[C@@H](CCCO)OC2=O. The molecule has 0 fully saturated rings. The number of hydrogen-bond acceptors (Lipinski definition) is 5. The van der Waals surface area contributed by atoms with Gasteiger partial charge in [-0.05, 0) is 18.9 Å². The van der Waals surface area contributed by atoms with Crippen LogP contribution in [0.1, 0.15) is 34.9 Å². The lowest BCUT2D eigenvalue weighted by atomic mass is 10.0. The molecule has 0 aliphatic carbocycles. The smallest absolute Gasteiger partial charge is 0.342 e. The van der Waals surface area contributed by atoms with Gasteiger partial charge in [-0.1, -0.05) is 0 Å². The van der Waals surface area contributed by atoms with E-state index in [1.54, 1.807) is 19.2 Å². The molecule has 1 aromatic carbocycles. The van der Waals surface area contributed by atoms with Gasteiger partial charge in [0.15, 0.2) is 0 Å². The fraction of sp³-hybridized carbons (Fsp3) is 0.462. The Morgan fingerprint density at radius 1 is 1.33 bits per heavy atom. The molecule has 1 aliphatic rings. The van der Waals surface area contributed by atoms with Crippen LogP contribution in [0.15, 0.2) is 12.1 Å². The van der Waals surface area contributed by atoms with Gasteiger partial charge in [0.2, 0.25) is 0 Å². The molecule has 1 aliphatic heterocycles. The second kappa shape index (κ2) is 5.27. The van der Waals surface area contributed by atoms with Crippen LogP contribution >= 0.6 is 0 Å². The van der Waals surface area contributed by atoms with Crippen LogP contribution in [0.25, 0.3) is 0 Å². The molecular formula is C13H16O5. The van der Waals surface area contributed by atoms with E-state index in [4.69, 9.17) is 19.3 Å². The van der Waals surface area contributed by atoms with E-state index >= 15 is 0 Å². The normalized spacial score (nSPS) is 17.3. The van der Waals surface area contributed by atoms with Crippen molar-refractivity contribution in [3.05, 3.63) is 23.3 Å². The number of carbonyl (C=O) groups is 1. The van der Waals surface area contributed by atoms with Crippen molar-refractivity contribution in [3.8, 4) is 11.5 Å². The van der Waals surface area contributed by atoms with Crippen molar-refractivity contribution in [2.24, 2.45) is 0 Å². The molecule has 0 aromatic heterocycles. The molecule has 0 unspecified atom stereocenters. The number of rotatable bonds is 5. The summed E-state index contributed by atoms with van der Waals surface area (Å²) in [6.45, 7) is 0.0739. The molecule has 0 radical (unpaired) electrons. The van der Waals surface area contributed by atoms with Crippen molar-refractivity contribution in [2.75, 3.05) is 20.8 Å². The third kappa shape index (κ3) is 2.13. The molecular weight excluding hydrogens is 236 g/mol. The number of fused-ring (bicyclic) bond motifs is 1. The first kappa shape index (κ1) is 12.7. The monoisotopic (exact) mass is 252 g/mol. The van der Waals surface area contributed by atoms with Crippen molar-refractivity contribution in [1.29, 1.82) is 0 Å². The van der Waals surface area contributed by atoms with E-state index in [9.17, 15) is 4.79 Å². The van der Waals surface area contributed by atoms with E-state index in [2.05, 4.69) is 0 Å². The van der Waals surface area contributed by atoms with Gasteiger partial charge in [-0.25, -0.2) is 4.79 Å². The summed E-state index contributed by atoms with van der Waals surface area (Å²) in [6, 6.07) is 3.44. The molecule has 1 heterocycles. The molecule has 0 saturated carbocycles. The topological polar surface area (TPSA) is 65.0 Å². The molecule has 0 bridgehead atoms. The Balaban J connectivity index is 2.41. The third-order valence-electron chi connectivity index (χ3n) is 2.99. The molecule has 0 spiro atoms. The lowest BCUT2D eigenvalue weighted by Crippen LogP contribution is -2.00. The van der Waals surface area contributed by atoms with Gasteiger partial charge in [-0.15, -0.1) is 0 Å². The minimum Gasteiger partial charge on any atom is -0.497 e. The second-order valence-corrected chi connectivity index (χ2v) is 4.05. The van der Waals surface area contributed by atoms with Gasteiger partial charge in [-0.2, -0.15) is 0 Å². The Kier molecular flexibility index (Phi) is 3.72. The maximum atomic E-state index is 11.8. The minimum atomic E-state index is -0.382. The lowest BCUT2D eigenvalue weighted by Gasteiger charge is -2.11. The molecule has 1 N–H and O–H groups in total. The standard InChI is InChI=1S/C13H16O5/c1-16-8-6-9-10(4-3-5-14)18-13(15)12(9)11(7-8)17-2/h6-7,10,14H,3-5H2,1-2H3/t10-/m1/s1. The van der Waals surface area contributed by atoms with Crippen LogP contribution in [0.4, 0.5) is 0 Å². The van der Waals surface area contributed by atoms with Gasteiger partial charge in [0, 0.05) is 18.2 Å². The number of carbonyl (C=O) groups excluding carboxylic acids is 1. The summed E-state index contributed by atoms with van der Waals surface area (Å²) in [5, 5.41) is 8.85. The summed E-state index contributed by atoms with van der Waals surface area (Å²) < 4.78 is 15.7. The molecule has 0 saturated heterocycles. The zero-order chi connectivity index (χ0) is 13.1. The first-order valence-electron chi connectivity index (χ1n) is 5.79. The molecule has 18 heavy (non-hydrogen) atoms. The Hall–Kier alpha value is -1.75. The van der Waals surface area contributed by atoms with E-state index < -0.39 is 0 Å². The largest absolute Gasteiger partial charge is 0.497 e. The van der Waals surface area contributed by atoms with E-state index in [0.717, 1.165) is 5.56 Å². The van der Waals surface area contributed by atoms with Gasteiger partial charge in [-0.3, -0.25) is 0 Å². The quantitative estimate of drug-likeness (QED) is 0.808. The maximum Gasteiger partial charge on any atom is 0.342 e. The zero-order valence-corrected chi connectivity index (χ0v) is 10.4. The number of cyclic esters (lactones) is 1. The number of benzene rings is 1. The fourth-order valence-corrected chi connectivity index (χ4v) is 2.10. The number of aliphatic hydroxyl groups is 1. The van der Waals surface area contributed by atoms with Gasteiger partial charge in [0.1, 0.15) is 23.2 Å². The van der Waals surface area contributed by atoms with Crippen molar-refractivity contribution in [2.45, 2.75) is 18.9 Å². The molecule has 5 nitrogen and oxygen atoms in total. The van der Waals surface area contributed by atoms with E-state index in [1.807, 2.05) is 0 Å². The highest BCUT2D eigenvalue weighted by atomic mass is 16.6. The Morgan fingerprint density at radius 2 is 2.11 bits per heavy atom. The minimum absolute atomic E-state index is 0.0739. The average molecular weight is 252 g/mol. The number of esters is 1. The summed E-state index contributed by atoms with van der Waals surface area (Å²) in [6.07, 6.45) is 0.839. The summed E-state index contributed by atoms with van der Waals surface area (Å²) in [4.78, 5) is 11.8. The summed E-state index contributed by atoms with van der Waals surface area (Å²) in [7, 11) is 3.06.